The predicted octanol–water partition coefficient (Wildman–Crippen LogP) is 5.69. The summed E-state index contributed by atoms with van der Waals surface area (Å²) in [6.07, 6.45) is 3.01. The summed E-state index contributed by atoms with van der Waals surface area (Å²) >= 11 is 0. The minimum atomic E-state index is -4.09. The number of nitro benzene ring substituents is 1. The van der Waals surface area contributed by atoms with E-state index in [1.807, 2.05) is 53.7 Å². The summed E-state index contributed by atoms with van der Waals surface area (Å²) < 4.78 is 28.7. The summed E-state index contributed by atoms with van der Waals surface area (Å²) in [6, 6.07) is 11.8. The minimum absolute atomic E-state index is 0.0164. The molecule has 1 aromatic heterocycles. The van der Waals surface area contributed by atoms with Crippen molar-refractivity contribution in [2.45, 2.75) is 63.8 Å². The van der Waals surface area contributed by atoms with Crippen molar-refractivity contribution in [2.75, 3.05) is 4.31 Å². The van der Waals surface area contributed by atoms with Gasteiger partial charge in [0.15, 0.2) is 0 Å². The van der Waals surface area contributed by atoms with Crippen molar-refractivity contribution >= 4 is 21.4 Å². The molecule has 0 atom stereocenters. The van der Waals surface area contributed by atoms with Gasteiger partial charge in [-0.05, 0) is 63.9 Å². The highest BCUT2D eigenvalue weighted by Gasteiger charge is 2.30. The van der Waals surface area contributed by atoms with Gasteiger partial charge < -0.3 is 5.11 Å². The number of benzene rings is 2. The first-order valence-electron chi connectivity index (χ1n) is 11.2. The molecule has 0 aliphatic heterocycles. The lowest BCUT2D eigenvalue weighted by molar-refractivity contribution is -0.384. The van der Waals surface area contributed by atoms with Crippen LogP contribution < -0.4 is 4.31 Å². The number of hydrogen-bond acceptors (Lipinski definition) is 6. The maximum atomic E-state index is 13.7. The van der Waals surface area contributed by atoms with Gasteiger partial charge >= 0.3 is 0 Å². The summed E-state index contributed by atoms with van der Waals surface area (Å²) in [5.41, 5.74) is 1.55. The summed E-state index contributed by atoms with van der Waals surface area (Å²) in [4.78, 5) is 14.5. The number of phenols is 1. The fraction of sp³-hybridized carbons (Fsp3) is 0.346. The number of anilines is 1. The lowest BCUT2D eigenvalue weighted by Gasteiger charge is -2.30. The average molecular weight is 498 g/mol. The van der Waals surface area contributed by atoms with Crippen LogP contribution in [0, 0.1) is 10.1 Å². The molecule has 0 bridgehead atoms. The second kappa shape index (κ2) is 9.30. The van der Waals surface area contributed by atoms with Crippen LogP contribution in [0.1, 0.15) is 58.2 Å². The number of aromatic hydroxyl groups is 1. The predicted molar refractivity (Wildman–Crippen MR) is 136 cm³/mol. The van der Waals surface area contributed by atoms with Gasteiger partial charge in [0.1, 0.15) is 5.75 Å². The lowest BCUT2D eigenvalue weighted by atomic mass is 9.78. The minimum Gasteiger partial charge on any atom is -0.507 e. The molecule has 0 unspecified atom stereocenters. The molecule has 0 saturated carbocycles. The number of aromatic nitrogens is 1. The number of pyridine rings is 1. The van der Waals surface area contributed by atoms with Crippen LogP contribution in [0.5, 0.6) is 5.75 Å². The van der Waals surface area contributed by atoms with Gasteiger partial charge in [-0.15, -0.1) is 0 Å². The second-order valence-corrected chi connectivity index (χ2v) is 12.4. The van der Waals surface area contributed by atoms with Gasteiger partial charge in [0.2, 0.25) is 0 Å². The fourth-order valence-corrected chi connectivity index (χ4v) is 5.22. The third-order valence-electron chi connectivity index (χ3n) is 5.68. The summed E-state index contributed by atoms with van der Waals surface area (Å²) in [6.45, 7) is 11.9. The molecular weight excluding hydrogens is 466 g/mol. The first-order valence-corrected chi connectivity index (χ1v) is 12.6. The molecule has 186 valence electrons. The van der Waals surface area contributed by atoms with E-state index in [1.54, 1.807) is 18.3 Å². The van der Waals surface area contributed by atoms with Crippen molar-refractivity contribution < 1.29 is 18.4 Å². The SMILES string of the molecule is CC(C)(C)c1cc(CN(c2cccnc2)S(=O)(=O)c2ccc([N+](=O)[O-])cc2)cc(C(C)(C)C)c1O. The topological polar surface area (TPSA) is 114 Å². The Morgan fingerprint density at radius 1 is 0.971 bits per heavy atom. The number of nitrogens with zero attached hydrogens (tertiary/aromatic N) is 3. The Bertz CT molecular complexity index is 1290. The fourth-order valence-electron chi connectivity index (χ4n) is 3.78. The standard InChI is InChI=1S/C26H31N3O5S/c1-25(2,3)22-14-18(15-23(24(22)30)26(4,5)6)17-28(20-8-7-13-27-16-20)35(33,34)21-11-9-19(10-12-21)29(31)32/h7-16,30H,17H2,1-6H3. The zero-order valence-electron chi connectivity index (χ0n) is 20.8. The zero-order chi connectivity index (χ0) is 26.2. The molecule has 1 N–H and O–H groups in total. The van der Waals surface area contributed by atoms with E-state index in [1.165, 1.54) is 34.8 Å². The van der Waals surface area contributed by atoms with Crippen LogP contribution >= 0.6 is 0 Å². The van der Waals surface area contributed by atoms with Gasteiger partial charge in [-0.25, -0.2) is 8.42 Å². The van der Waals surface area contributed by atoms with E-state index in [9.17, 15) is 23.6 Å². The molecule has 0 amide bonds. The second-order valence-electron chi connectivity index (χ2n) is 10.5. The molecule has 3 aromatic rings. The smallest absolute Gasteiger partial charge is 0.269 e. The molecule has 9 heteroatoms. The van der Waals surface area contributed by atoms with E-state index >= 15 is 0 Å². The largest absolute Gasteiger partial charge is 0.507 e. The van der Waals surface area contributed by atoms with Gasteiger partial charge in [-0.1, -0.05) is 41.5 Å². The molecular formula is C26H31N3O5S. The van der Waals surface area contributed by atoms with Gasteiger partial charge in [0, 0.05) is 18.3 Å². The van der Waals surface area contributed by atoms with Crippen molar-refractivity contribution in [1.29, 1.82) is 0 Å². The van der Waals surface area contributed by atoms with Crippen LogP contribution in [0.4, 0.5) is 11.4 Å². The van der Waals surface area contributed by atoms with Crippen molar-refractivity contribution in [3.63, 3.8) is 0 Å². The van der Waals surface area contributed by atoms with E-state index in [0.717, 1.165) is 11.1 Å². The maximum Gasteiger partial charge on any atom is 0.269 e. The van der Waals surface area contributed by atoms with E-state index in [4.69, 9.17) is 0 Å². The van der Waals surface area contributed by atoms with Crippen LogP contribution in [0.25, 0.3) is 0 Å². The number of sulfonamides is 1. The number of hydrogen-bond donors (Lipinski definition) is 1. The van der Waals surface area contributed by atoms with Crippen molar-refractivity contribution in [3.8, 4) is 5.75 Å². The lowest BCUT2D eigenvalue weighted by Crippen LogP contribution is -2.31. The monoisotopic (exact) mass is 497 g/mol. The highest BCUT2D eigenvalue weighted by molar-refractivity contribution is 7.92. The molecule has 0 aliphatic carbocycles. The molecule has 1 heterocycles. The molecule has 2 aromatic carbocycles. The van der Waals surface area contributed by atoms with Crippen LogP contribution in [0.15, 0.2) is 65.8 Å². The van der Waals surface area contributed by atoms with Crippen LogP contribution in [0.2, 0.25) is 0 Å². The molecule has 0 fully saturated rings. The Morgan fingerprint density at radius 2 is 1.51 bits per heavy atom. The van der Waals surface area contributed by atoms with Gasteiger partial charge in [-0.2, -0.15) is 0 Å². The van der Waals surface area contributed by atoms with E-state index in [2.05, 4.69) is 4.98 Å². The first kappa shape index (κ1) is 26.2. The Labute approximate surface area is 206 Å². The van der Waals surface area contributed by atoms with Gasteiger partial charge in [0.25, 0.3) is 15.7 Å². The van der Waals surface area contributed by atoms with Gasteiger partial charge in [0.05, 0.1) is 28.2 Å². The molecule has 35 heavy (non-hydrogen) atoms. The Hall–Kier alpha value is -3.46. The highest BCUT2D eigenvalue weighted by Crippen LogP contribution is 2.40. The molecule has 3 rings (SSSR count). The van der Waals surface area contributed by atoms with Crippen LogP contribution in [-0.4, -0.2) is 23.4 Å². The Kier molecular flexibility index (Phi) is 6.95. The third-order valence-corrected chi connectivity index (χ3v) is 7.47. The summed E-state index contributed by atoms with van der Waals surface area (Å²) in [5, 5.41) is 22.1. The Balaban J connectivity index is 2.18. The zero-order valence-corrected chi connectivity index (χ0v) is 21.6. The van der Waals surface area contributed by atoms with Crippen LogP contribution in [0.3, 0.4) is 0 Å². The number of nitro groups is 1. The van der Waals surface area contributed by atoms with Crippen molar-refractivity contribution in [2.24, 2.45) is 0 Å². The highest BCUT2D eigenvalue weighted by atomic mass is 32.2. The van der Waals surface area contributed by atoms with Crippen LogP contribution in [-0.2, 0) is 27.4 Å². The Morgan fingerprint density at radius 3 is 1.94 bits per heavy atom. The molecule has 8 nitrogen and oxygen atoms in total. The number of non-ortho nitro benzene ring substituents is 1. The molecule has 0 aliphatic rings. The van der Waals surface area contributed by atoms with Gasteiger partial charge in [-0.3, -0.25) is 19.4 Å². The number of phenolic OH excluding ortho intramolecular Hbond substituents is 1. The first-order chi connectivity index (χ1) is 16.1. The normalized spacial score (nSPS) is 12.4. The van der Waals surface area contributed by atoms with E-state index in [0.29, 0.717) is 11.3 Å². The molecule has 0 spiro atoms. The summed E-state index contributed by atoms with van der Waals surface area (Å²) in [5.74, 6) is 0.208. The van der Waals surface area contributed by atoms with Crippen molar-refractivity contribution in [1.82, 2.24) is 4.98 Å². The average Bonchev–Trinajstić information content (AvgIpc) is 2.77. The van der Waals surface area contributed by atoms with E-state index in [-0.39, 0.29) is 33.7 Å². The quantitative estimate of drug-likeness (QED) is 0.346. The maximum absolute atomic E-state index is 13.7. The molecule has 0 saturated heterocycles. The van der Waals surface area contributed by atoms with E-state index < -0.39 is 14.9 Å². The number of rotatable bonds is 6. The molecule has 0 radical (unpaired) electrons. The summed E-state index contributed by atoms with van der Waals surface area (Å²) in [7, 11) is -4.09. The third kappa shape index (κ3) is 5.62. The van der Waals surface area contributed by atoms with Crippen molar-refractivity contribution in [3.05, 3.63) is 87.7 Å².